The van der Waals surface area contributed by atoms with Crippen LogP contribution in [0.25, 0.3) is 0 Å². The number of ether oxygens (including phenoxy) is 2. The number of aryl methyl sites for hydroxylation is 1. The largest absolute Gasteiger partial charge is 0.437 e. The molecular formula is C14H16ClN3O2. The van der Waals surface area contributed by atoms with E-state index in [0.29, 0.717) is 34.9 Å². The van der Waals surface area contributed by atoms with Gasteiger partial charge in [0.15, 0.2) is 5.82 Å². The molecular weight excluding hydrogens is 278 g/mol. The van der Waals surface area contributed by atoms with Crippen LogP contribution in [0.15, 0.2) is 24.3 Å². The number of nitrogens with zero attached hydrogens (tertiary/aromatic N) is 2. The van der Waals surface area contributed by atoms with Crippen LogP contribution in [-0.2, 0) is 11.3 Å². The predicted octanol–water partition coefficient (Wildman–Crippen LogP) is 3.42. The summed E-state index contributed by atoms with van der Waals surface area (Å²) in [6, 6.07) is 7.28. The average Bonchev–Trinajstić information content (AvgIpc) is 2.43. The van der Waals surface area contributed by atoms with Crippen LogP contribution in [0.2, 0.25) is 5.02 Å². The molecule has 0 aliphatic heterocycles. The Hall–Kier alpha value is -1.85. The quantitative estimate of drug-likeness (QED) is 0.915. The molecule has 20 heavy (non-hydrogen) atoms. The number of anilines is 1. The molecule has 0 saturated carbocycles. The number of rotatable bonds is 5. The summed E-state index contributed by atoms with van der Waals surface area (Å²) in [7, 11) is 3.37. The average molecular weight is 294 g/mol. The van der Waals surface area contributed by atoms with E-state index in [9.17, 15) is 0 Å². The number of hydrogen-bond acceptors (Lipinski definition) is 5. The lowest BCUT2D eigenvalue weighted by atomic mass is 10.2. The second kappa shape index (κ2) is 6.54. The highest BCUT2D eigenvalue weighted by molar-refractivity contribution is 6.32. The molecule has 0 radical (unpaired) electrons. The van der Waals surface area contributed by atoms with E-state index in [-0.39, 0.29) is 0 Å². The van der Waals surface area contributed by atoms with Crippen molar-refractivity contribution in [2.75, 3.05) is 19.5 Å². The molecule has 0 saturated heterocycles. The van der Waals surface area contributed by atoms with Crippen molar-refractivity contribution in [3.63, 3.8) is 0 Å². The molecule has 1 N–H and O–H groups in total. The molecule has 2 rings (SSSR count). The minimum Gasteiger partial charge on any atom is -0.437 e. The maximum Gasteiger partial charge on any atom is 0.224 e. The first-order valence-electron chi connectivity index (χ1n) is 6.11. The first-order chi connectivity index (χ1) is 9.62. The Kier molecular flexibility index (Phi) is 4.76. The summed E-state index contributed by atoms with van der Waals surface area (Å²) in [5, 5.41) is 3.49. The monoisotopic (exact) mass is 293 g/mol. The summed E-state index contributed by atoms with van der Waals surface area (Å²) in [4.78, 5) is 8.54. The molecule has 0 atom stereocenters. The normalized spacial score (nSPS) is 10.4. The van der Waals surface area contributed by atoms with E-state index in [1.165, 1.54) is 0 Å². The number of aromatic nitrogens is 2. The molecule has 0 unspecified atom stereocenters. The van der Waals surface area contributed by atoms with Gasteiger partial charge in [0.1, 0.15) is 18.2 Å². The van der Waals surface area contributed by atoms with Gasteiger partial charge in [-0.25, -0.2) is 4.98 Å². The van der Waals surface area contributed by atoms with Crippen molar-refractivity contribution in [2.45, 2.75) is 13.5 Å². The lowest BCUT2D eigenvalue weighted by Gasteiger charge is -2.10. The molecule has 0 amide bonds. The van der Waals surface area contributed by atoms with Crippen molar-refractivity contribution in [1.82, 2.24) is 9.97 Å². The maximum absolute atomic E-state index is 6.11. The summed E-state index contributed by atoms with van der Waals surface area (Å²) in [6.45, 7) is 2.28. The first kappa shape index (κ1) is 14.6. The van der Waals surface area contributed by atoms with Crippen molar-refractivity contribution in [3.8, 4) is 11.6 Å². The highest BCUT2D eigenvalue weighted by atomic mass is 35.5. The Morgan fingerprint density at radius 3 is 2.75 bits per heavy atom. The van der Waals surface area contributed by atoms with Crippen LogP contribution in [-0.4, -0.2) is 24.1 Å². The highest BCUT2D eigenvalue weighted by Gasteiger charge is 2.08. The van der Waals surface area contributed by atoms with Gasteiger partial charge in [0.05, 0.1) is 5.02 Å². The van der Waals surface area contributed by atoms with Crippen molar-refractivity contribution in [1.29, 1.82) is 0 Å². The molecule has 0 fully saturated rings. The number of methoxy groups -OCH3 is 1. The SMILES string of the molecule is CNc1cc(Oc2cc(C)ccc2Cl)nc(COC)n1. The van der Waals surface area contributed by atoms with Crippen LogP contribution in [0.3, 0.4) is 0 Å². The molecule has 0 spiro atoms. The van der Waals surface area contributed by atoms with E-state index in [2.05, 4.69) is 15.3 Å². The fourth-order valence-corrected chi connectivity index (χ4v) is 1.80. The van der Waals surface area contributed by atoms with E-state index in [1.807, 2.05) is 19.1 Å². The molecule has 1 aromatic carbocycles. The Labute approximate surface area is 122 Å². The second-order valence-corrected chi connectivity index (χ2v) is 4.63. The fraction of sp³-hybridized carbons (Fsp3) is 0.286. The summed E-state index contributed by atoms with van der Waals surface area (Å²) in [5.74, 6) is 2.18. The summed E-state index contributed by atoms with van der Waals surface area (Å²) in [5.41, 5.74) is 1.06. The lowest BCUT2D eigenvalue weighted by molar-refractivity contribution is 0.177. The smallest absolute Gasteiger partial charge is 0.224 e. The fourth-order valence-electron chi connectivity index (χ4n) is 1.65. The van der Waals surface area contributed by atoms with Crippen molar-refractivity contribution in [3.05, 3.63) is 40.7 Å². The summed E-state index contributed by atoms with van der Waals surface area (Å²) >= 11 is 6.11. The van der Waals surface area contributed by atoms with Crippen molar-refractivity contribution in [2.24, 2.45) is 0 Å². The molecule has 0 bridgehead atoms. The highest BCUT2D eigenvalue weighted by Crippen LogP contribution is 2.30. The van der Waals surface area contributed by atoms with Gasteiger partial charge in [0.25, 0.3) is 0 Å². The van der Waals surface area contributed by atoms with Crippen molar-refractivity contribution < 1.29 is 9.47 Å². The van der Waals surface area contributed by atoms with E-state index in [4.69, 9.17) is 21.1 Å². The van der Waals surface area contributed by atoms with Crippen LogP contribution in [0.5, 0.6) is 11.6 Å². The lowest BCUT2D eigenvalue weighted by Crippen LogP contribution is -2.03. The second-order valence-electron chi connectivity index (χ2n) is 4.23. The van der Waals surface area contributed by atoms with Gasteiger partial charge in [-0.3, -0.25) is 0 Å². The zero-order valence-corrected chi connectivity index (χ0v) is 12.4. The maximum atomic E-state index is 6.11. The van der Waals surface area contributed by atoms with Crippen molar-refractivity contribution >= 4 is 17.4 Å². The van der Waals surface area contributed by atoms with Gasteiger partial charge in [-0.15, -0.1) is 0 Å². The van der Waals surface area contributed by atoms with Gasteiger partial charge >= 0.3 is 0 Å². The van der Waals surface area contributed by atoms with E-state index in [1.54, 1.807) is 26.3 Å². The molecule has 1 aromatic heterocycles. The summed E-state index contributed by atoms with van der Waals surface area (Å²) in [6.07, 6.45) is 0. The van der Waals surface area contributed by atoms with E-state index >= 15 is 0 Å². The first-order valence-corrected chi connectivity index (χ1v) is 6.49. The zero-order valence-electron chi connectivity index (χ0n) is 11.6. The van der Waals surface area contributed by atoms with Crippen LogP contribution in [0.1, 0.15) is 11.4 Å². The molecule has 5 nitrogen and oxygen atoms in total. The molecule has 2 aromatic rings. The van der Waals surface area contributed by atoms with E-state index in [0.717, 1.165) is 5.56 Å². The van der Waals surface area contributed by atoms with Crippen LogP contribution in [0.4, 0.5) is 5.82 Å². The van der Waals surface area contributed by atoms with Crippen LogP contribution >= 0.6 is 11.6 Å². The number of nitrogens with one attached hydrogen (secondary N) is 1. The van der Waals surface area contributed by atoms with Crippen LogP contribution < -0.4 is 10.1 Å². The molecule has 1 heterocycles. The minimum absolute atomic E-state index is 0.313. The third-order valence-electron chi connectivity index (χ3n) is 2.58. The third-order valence-corrected chi connectivity index (χ3v) is 2.89. The third kappa shape index (κ3) is 3.59. The number of benzene rings is 1. The predicted molar refractivity (Wildman–Crippen MR) is 78.6 cm³/mol. The standard InChI is InChI=1S/C14H16ClN3O2/c1-9-4-5-10(15)11(6-9)20-14-7-12(16-2)17-13(18-14)8-19-3/h4-7H,8H2,1-3H3,(H,16,17,18). The van der Waals surface area contributed by atoms with Gasteiger partial charge in [0.2, 0.25) is 5.88 Å². The Morgan fingerprint density at radius 2 is 2.05 bits per heavy atom. The van der Waals surface area contributed by atoms with E-state index < -0.39 is 0 Å². The zero-order chi connectivity index (χ0) is 14.5. The van der Waals surface area contributed by atoms with Gasteiger partial charge in [-0.2, -0.15) is 4.98 Å². The summed E-state index contributed by atoms with van der Waals surface area (Å²) < 4.78 is 10.8. The van der Waals surface area contributed by atoms with Gasteiger partial charge in [0, 0.05) is 20.2 Å². The topological polar surface area (TPSA) is 56.3 Å². The van der Waals surface area contributed by atoms with Gasteiger partial charge in [-0.05, 0) is 24.6 Å². The van der Waals surface area contributed by atoms with Gasteiger partial charge in [-0.1, -0.05) is 17.7 Å². The molecule has 106 valence electrons. The molecule has 0 aliphatic carbocycles. The number of halogens is 1. The Morgan fingerprint density at radius 1 is 1.25 bits per heavy atom. The molecule has 0 aliphatic rings. The molecule has 6 heteroatoms. The Balaban J connectivity index is 2.32. The van der Waals surface area contributed by atoms with Crippen LogP contribution in [0, 0.1) is 6.92 Å². The minimum atomic E-state index is 0.313. The van der Waals surface area contributed by atoms with Gasteiger partial charge < -0.3 is 14.8 Å². The Bertz CT molecular complexity index is 605. The number of hydrogen-bond donors (Lipinski definition) is 1.